The minimum absolute atomic E-state index is 0.0282. The summed E-state index contributed by atoms with van der Waals surface area (Å²) in [6, 6.07) is 0. The first kappa shape index (κ1) is 14.1. The predicted octanol–water partition coefficient (Wildman–Crippen LogP) is 0.0479. The summed E-state index contributed by atoms with van der Waals surface area (Å²) in [6.45, 7) is 3.03. The maximum absolute atomic E-state index is 11.9. The molecule has 9 heteroatoms. The first-order valence-electron chi connectivity index (χ1n) is 5.51. The number of aromatic nitrogens is 1. The molecule has 2 rings (SSSR count). The SMILES string of the molecule is CC(=O)c1c(C)nsc1N1CC(S(N)(=O)=O)CC1=O. The fourth-order valence-corrected chi connectivity index (χ4v) is 3.74. The summed E-state index contributed by atoms with van der Waals surface area (Å²) in [4.78, 5) is 24.8. The van der Waals surface area contributed by atoms with Gasteiger partial charge in [0, 0.05) is 13.0 Å². The van der Waals surface area contributed by atoms with Gasteiger partial charge in [0.25, 0.3) is 0 Å². The van der Waals surface area contributed by atoms with Crippen LogP contribution in [-0.4, -0.2) is 36.3 Å². The van der Waals surface area contributed by atoms with E-state index in [0.29, 0.717) is 16.3 Å². The van der Waals surface area contributed by atoms with Crippen molar-refractivity contribution in [3.05, 3.63) is 11.3 Å². The molecule has 1 aromatic rings. The number of sulfonamides is 1. The molecule has 19 heavy (non-hydrogen) atoms. The lowest BCUT2D eigenvalue weighted by Gasteiger charge is -2.14. The van der Waals surface area contributed by atoms with Gasteiger partial charge in [0.15, 0.2) is 5.78 Å². The van der Waals surface area contributed by atoms with Gasteiger partial charge in [0.05, 0.1) is 11.3 Å². The second kappa shape index (κ2) is 4.66. The van der Waals surface area contributed by atoms with Gasteiger partial charge in [-0.1, -0.05) is 0 Å². The van der Waals surface area contributed by atoms with E-state index in [9.17, 15) is 18.0 Å². The number of carbonyl (C=O) groups is 2. The van der Waals surface area contributed by atoms with Gasteiger partial charge in [-0.05, 0) is 25.4 Å². The zero-order valence-electron chi connectivity index (χ0n) is 10.4. The summed E-state index contributed by atoms with van der Waals surface area (Å²) < 4.78 is 26.6. The number of carbonyl (C=O) groups excluding carboxylic acids is 2. The van der Waals surface area contributed by atoms with Crippen molar-refractivity contribution < 1.29 is 18.0 Å². The fourth-order valence-electron chi connectivity index (χ4n) is 2.04. The Bertz CT molecular complexity index is 650. The molecule has 1 fully saturated rings. The quantitative estimate of drug-likeness (QED) is 0.793. The highest BCUT2D eigenvalue weighted by Gasteiger charge is 2.39. The Morgan fingerprint density at radius 2 is 2.16 bits per heavy atom. The zero-order valence-corrected chi connectivity index (χ0v) is 12.0. The van der Waals surface area contributed by atoms with Crippen LogP contribution in [0.25, 0.3) is 0 Å². The smallest absolute Gasteiger partial charge is 0.229 e. The summed E-state index contributed by atoms with van der Waals surface area (Å²) in [5.41, 5.74) is 0.910. The second-order valence-electron chi connectivity index (χ2n) is 4.42. The lowest BCUT2D eigenvalue weighted by atomic mass is 10.2. The molecular formula is C10H13N3O4S2. The van der Waals surface area contributed by atoms with Crippen molar-refractivity contribution in [2.24, 2.45) is 5.14 Å². The number of rotatable bonds is 3. The third-order valence-corrected chi connectivity index (χ3v) is 5.20. The average Bonchev–Trinajstić information content (AvgIpc) is 2.80. The van der Waals surface area contributed by atoms with E-state index >= 15 is 0 Å². The molecule has 7 nitrogen and oxygen atoms in total. The van der Waals surface area contributed by atoms with Crippen LogP contribution in [0, 0.1) is 6.92 Å². The van der Waals surface area contributed by atoms with Crippen LogP contribution in [0.15, 0.2) is 0 Å². The third kappa shape index (κ3) is 2.53. The van der Waals surface area contributed by atoms with Gasteiger partial charge in [-0.25, -0.2) is 13.6 Å². The molecule has 1 aliphatic rings. The zero-order chi connectivity index (χ0) is 14.4. The van der Waals surface area contributed by atoms with Crippen molar-refractivity contribution in [3.8, 4) is 0 Å². The largest absolute Gasteiger partial charge is 0.300 e. The van der Waals surface area contributed by atoms with Gasteiger partial charge in [0.1, 0.15) is 10.3 Å². The van der Waals surface area contributed by atoms with E-state index in [1.54, 1.807) is 6.92 Å². The maximum Gasteiger partial charge on any atom is 0.229 e. The molecule has 1 aromatic heterocycles. The van der Waals surface area contributed by atoms with Crippen molar-refractivity contribution in [2.45, 2.75) is 25.5 Å². The lowest BCUT2D eigenvalue weighted by molar-refractivity contribution is -0.117. The normalized spacial score (nSPS) is 20.1. The number of nitrogens with zero attached hydrogens (tertiary/aromatic N) is 2. The van der Waals surface area contributed by atoms with Crippen LogP contribution in [0.5, 0.6) is 0 Å². The molecule has 0 aromatic carbocycles. The van der Waals surface area contributed by atoms with Crippen molar-refractivity contribution in [1.29, 1.82) is 0 Å². The Morgan fingerprint density at radius 1 is 1.53 bits per heavy atom. The fraction of sp³-hybridized carbons (Fsp3) is 0.500. The van der Waals surface area contributed by atoms with E-state index in [1.807, 2.05) is 0 Å². The van der Waals surface area contributed by atoms with E-state index in [2.05, 4.69) is 4.37 Å². The van der Waals surface area contributed by atoms with Gasteiger partial charge in [0.2, 0.25) is 15.9 Å². The van der Waals surface area contributed by atoms with Crippen molar-refractivity contribution in [1.82, 2.24) is 4.37 Å². The van der Waals surface area contributed by atoms with Crippen LogP contribution in [0.2, 0.25) is 0 Å². The van der Waals surface area contributed by atoms with Gasteiger partial charge < -0.3 is 4.90 Å². The number of nitrogens with two attached hydrogens (primary N) is 1. The molecule has 1 saturated heterocycles. The molecule has 1 atom stereocenters. The number of ketones is 1. The first-order valence-corrected chi connectivity index (χ1v) is 7.89. The topological polar surface area (TPSA) is 110 Å². The molecular weight excluding hydrogens is 290 g/mol. The van der Waals surface area contributed by atoms with Gasteiger partial charge in [-0.15, -0.1) is 0 Å². The second-order valence-corrected chi connectivity index (χ2v) is 7.02. The van der Waals surface area contributed by atoms with Crippen molar-refractivity contribution in [2.75, 3.05) is 11.4 Å². The molecule has 2 heterocycles. The monoisotopic (exact) mass is 303 g/mol. The van der Waals surface area contributed by atoms with Crippen LogP contribution in [0.1, 0.15) is 29.4 Å². The Morgan fingerprint density at radius 3 is 2.63 bits per heavy atom. The highest BCUT2D eigenvalue weighted by atomic mass is 32.2. The van der Waals surface area contributed by atoms with Crippen LogP contribution in [0.3, 0.4) is 0 Å². The highest BCUT2D eigenvalue weighted by molar-refractivity contribution is 7.89. The summed E-state index contributed by atoms with van der Waals surface area (Å²) in [6.07, 6.45) is -0.160. The summed E-state index contributed by atoms with van der Waals surface area (Å²) in [7, 11) is -3.77. The van der Waals surface area contributed by atoms with E-state index < -0.39 is 15.3 Å². The highest BCUT2D eigenvalue weighted by Crippen LogP contribution is 2.33. The molecule has 0 saturated carbocycles. The summed E-state index contributed by atoms with van der Waals surface area (Å²) in [5.74, 6) is -0.557. The van der Waals surface area contributed by atoms with E-state index in [1.165, 1.54) is 11.8 Å². The molecule has 2 N–H and O–H groups in total. The molecule has 1 amide bonds. The van der Waals surface area contributed by atoms with Crippen molar-refractivity contribution >= 4 is 38.2 Å². The van der Waals surface area contributed by atoms with Gasteiger partial charge in [-0.3, -0.25) is 9.59 Å². The third-order valence-electron chi connectivity index (χ3n) is 3.00. The minimum Gasteiger partial charge on any atom is -0.300 e. The van der Waals surface area contributed by atoms with E-state index in [0.717, 1.165) is 11.5 Å². The number of primary sulfonamides is 1. The van der Waals surface area contributed by atoms with E-state index in [4.69, 9.17) is 5.14 Å². The molecule has 0 bridgehead atoms. The standard InChI is InChI=1S/C10H13N3O4S2/c1-5-9(6(2)14)10(18-12-5)13-4-7(3-8(13)15)19(11,16)17/h7H,3-4H2,1-2H3,(H2,11,16,17). The molecule has 0 aliphatic carbocycles. The number of Topliss-reactive ketones (excluding diaryl/α,β-unsaturated/α-hetero) is 1. The van der Waals surface area contributed by atoms with Crippen LogP contribution >= 0.6 is 11.5 Å². The Hall–Kier alpha value is -1.32. The van der Waals surface area contributed by atoms with Crippen LogP contribution in [0.4, 0.5) is 5.00 Å². The average molecular weight is 303 g/mol. The Balaban J connectivity index is 2.39. The summed E-state index contributed by atoms with van der Waals surface area (Å²) in [5, 5.41) is 4.54. The number of amides is 1. The number of aryl methyl sites for hydroxylation is 1. The van der Waals surface area contributed by atoms with Crippen LogP contribution < -0.4 is 10.0 Å². The Labute approximate surface area is 114 Å². The first-order chi connectivity index (χ1) is 8.71. The van der Waals surface area contributed by atoms with Gasteiger partial charge >= 0.3 is 0 Å². The van der Waals surface area contributed by atoms with Crippen molar-refractivity contribution in [3.63, 3.8) is 0 Å². The molecule has 104 valence electrons. The Kier molecular flexibility index (Phi) is 3.45. The number of hydrogen-bond acceptors (Lipinski definition) is 6. The molecule has 1 unspecified atom stereocenters. The predicted molar refractivity (Wildman–Crippen MR) is 70.7 cm³/mol. The van der Waals surface area contributed by atoms with E-state index in [-0.39, 0.29) is 24.7 Å². The number of anilines is 1. The minimum atomic E-state index is -3.77. The lowest BCUT2D eigenvalue weighted by Crippen LogP contribution is -2.32. The maximum atomic E-state index is 11.9. The summed E-state index contributed by atoms with van der Waals surface area (Å²) >= 11 is 1.02. The number of hydrogen-bond donors (Lipinski definition) is 1. The van der Waals surface area contributed by atoms with Gasteiger partial charge in [-0.2, -0.15) is 4.37 Å². The molecule has 1 aliphatic heterocycles. The molecule has 0 radical (unpaired) electrons. The van der Waals surface area contributed by atoms with Crippen LogP contribution in [-0.2, 0) is 14.8 Å². The molecule has 0 spiro atoms.